The molecule has 0 fully saturated rings. The third-order valence-electron chi connectivity index (χ3n) is 3.17. The third-order valence-corrected chi connectivity index (χ3v) is 3.49. The zero-order valence-electron chi connectivity index (χ0n) is 11.0. The van der Waals surface area contributed by atoms with Crippen molar-refractivity contribution in [2.24, 2.45) is 0 Å². The fourth-order valence-electron chi connectivity index (χ4n) is 2.08. The molecule has 3 nitrogen and oxygen atoms in total. The molecule has 0 unspecified atom stereocenters. The Kier molecular flexibility index (Phi) is 3.20. The first-order valence-corrected chi connectivity index (χ1v) is 6.70. The van der Waals surface area contributed by atoms with Gasteiger partial charge in [-0.15, -0.1) is 0 Å². The van der Waals surface area contributed by atoms with E-state index in [-0.39, 0.29) is 0 Å². The van der Waals surface area contributed by atoms with Crippen LogP contribution in [-0.2, 0) is 0 Å². The zero-order chi connectivity index (χ0) is 14.1. The van der Waals surface area contributed by atoms with Gasteiger partial charge in [-0.1, -0.05) is 53.6 Å². The summed E-state index contributed by atoms with van der Waals surface area (Å²) in [4.78, 5) is 0. The molecule has 0 saturated heterocycles. The van der Waals surface area contributed by atoms with Crippen molar-refractivity contribution in [3.8, 4) is 16.9 Å². The lowest BCUT2D eigenvalue weighted by Crippen LogP contribution is -1.95. The van der Waals surface area contributed by atoms with E-state index in [2.05, 4.69) is 12.0 Å². The van der Waals surface area contributed by atoms with Gasteiger partial charge in [-0.3, -0.25) is 0 Å². The molecule has 1 heterocycles. The highest BCUT2D eigenvalue weighted by Gasteiger charge is 2.11. The number of nitrogens with two attached hydrogens (primary N) is 1. The standard InChI is InChI=1S/C16H14ClN3/c1-11-6-8-12(9-7-11)16-14(18)10-20(19-16)15-5-3-2-4-13(15)17/h2-10H,18H2,1H3. The summed E-state index contributed by atoms with van der Waals surface area (Å²) in [6, 6.07) is 15.7. The molecule has 0 aliphatic heterocycles. The fourth-order valence-corrected chi connectivity index (χ4v) is 2.31. The number of anilines is 1. The fraction of sp³-hybridized carbons (Fsp3) is 0.0625. The molecule has 4 heteroatoms. The summed E-state index contributed by atoms with van der Waals surface area (Å²) in [5.74, 6) is 0. The van der Waals surface area contributed by atoms with Crippen LogP contribution >= 0.6 is 11.6 Å². The maximum Gasteiger partial charge on any atom is 0.116 e. The van der Waals surface area contributed by atoms with Crippen LogP contribution in [0.5, 0.6) is 0 Å². The van der Waals surface area contributed by atoms with Crippen LogP contribution in [0.25, 0.3) is 16.9 Å². The van der Waals surface area contributed by atoms with Gasteiger partial charge in [0.15, 0.2) is 0 Å². The molecule has 0 radical (unpaired) electrons. The van der Waals surface area contributed by atoms with Crippen molar-refractivity contribution in [3.63, 3.8) is 0 Å². The smallest absolute Gasteiger partial charge is 0.116 e. The first-order valence-electron chi connectivity index (χ1n) is 6.32. The van der Waals surface area contributed by atoms with Gasteiger partial charge in [-0.05, 0) is 19.1 Å². The average Bonchev–Trinajstić information content (AvgIpc) is 2.82. The van der Waals surface area contributed by atoms with Crippen molar-refractivity contribution < 1.29 is 0 Å². The largest absolute Gasteiger partial charge is 0.396 e. The number of rotatable bonds is 2. The van der Waals surface area contributed by atoms with E-state index in [0.717, 1.165) is 16.9 Å². The third kappa shape index (κ3) is 2.28. The predicted molar refractivity (Wildman–Crippen MR) is 83.2 cm³/mol. The van der Waals surface area contributed by atoms with Gasteiger partial charge in [0.25, 0.3) is 0 Å². The molecule has 0 amide bonds. The molecule has 100 valence electrons. The van der Waals surface area contributed by atoms with Crippen molar-refractivity contribution in [3.05, 3.63) is 65.3 Å². The van der Waals surface area contributed by atoms with E-state index in [1.54, 1.807) is 10.9 Å². The highest BCUT2D eigenvalue weighted by atomic mass is 35.5. The van der Waals surface area contributed by atoms with E-state index >= 15 is 0 Å². The van der Waals surface area contributed by atoms with Gasteiger partial charge < -0.3 is 5.73 Å². The minimum absolute atomic E-state index is 0.633. The molecule has 0 atom stereocenters. The second kappa shape index (κ2) is 5.02. The summed E-state index contributed by atoms with van der Waals surface area (Å²) in [5.41, 5.74) is 10.5. The molecule has 3 rings (SSSR count). The lowest BCUT2D eigenvalue weighted by atomic mass is 10.1. The van der Waals surface area contributed by atoms with Crippen LogP contribution in [0.2, 0.25) is 5.02 Å². The van der Waals surface area contributed by atoms with Crippen LogP contribution in [0.15, 0.2) is 54.7 Å². The second-order valence-corrected chi connectivity index (χ2v) is 5.10. The molecule has 2 N–H and O–H groups in total. The van der Waals surface area contributed by atoms with E-state index in [1.165, 1.54) is 5.56 Å². The lowest BCUT2D eigenvalue weighted by Gasteiger charge is -2.03. The lowest BCUT2D eigenvalue weighted by molar-refractivity contribution is 0.885. The Morgan fingerprint density at radius 2 is 1.75 bits per heavy atom. The van der Waals surface area contributed by atoms with Crippen molar-refractivity contribution in [1.82, 2.24) is 9.78 Å². The maximum absolute atomic E-state index is 6.19. The quantitative estimate of drug-likeness (QED) is 0.770. The Hall–Kier alpha value is -2.26. The Balaban J connectivity index is 2.08. The molecule has 0 saturated carbocycles. The zero-order valence-corrected chi connectivity index (χ0v) is 11.8. The molecular formula is C16H14ClN3. The Morgan fingerprint density at radius 3 is 2.45 bits per heavy atom. The van der Waals surface area contributed by atoms with Crippen LogP contribution in [0.1, 0.15) is 5.56 Å². The molecule has 0 spiro atoms. The molecule has 1 aromatic heterocycles. The summed E-state index contributed by atoms with van der Waals surface area (Å²) in [6.45, 7) is 2.05. The van der Waals surface area contributed by atoms with Gasteiger partial charge in [0, 0.05) is 5.56 Å². The van der Waals surface area contributed by atoms with Crippen LogP contribution in [0, 0.1) is 6.92 Å². The van der Waals surface area contributed by atoms with E-state index in [1.807, 2.05) is 48.5 Å². The van der Waals surface area contributed by atoms with Gasteiger partial charge in [-0.2, -0.15) is 5.10 Å². The molecule has 0 aliphatic rings. The minimum Gasteiger partial charge on any atom is -0.396 e. The number of nitrogens with zero attached hydrogens (tertiary/aromatic N) is 2. The van der Waals surface area contributed by atoms with Crippen LogP contribution < -0.4 is 5.73 Å². The number of aromatic nitrogens is 2. The summed E-state index contributed by atoms with van der Waals surface area (Å²) < 4.78 is 1.72. The topological polar surface area (TPSA) is 43.8 Å². The molecule has 2 aromatic carbocycles. The Labute approximate surface area is 122 Å². The van der Waals surface area contributed by atoms with Crippen LogP contribution in [-0.4, -0.2) is 9.78 Å². The highest BCUT2D eigenvalue weighted by Crippen LogP contribution is 2.27. The number of halogens is 1. The van der Waals surface area contributed by atoms with Crippen molar-refractivity contribution in [1.29, 1.82) is 0 Å². The monoisotopic (exact) mass is 283 g/mol. The van der Waals surface area contributed by atoms with Crippen LogP contribution in [0.3, 0.4) is 0 Å². The number of aryl methyl sites for hydroxylation is 1. The average molecular weight is 284 g/mol. The number of hydrogen-bond donors (Lipinski definition) is 1. The highest BCUT2D eigenvalue weighted by molar-refractivity contribution is 6.32. The van der Waals surface area contributed by atoms with E-state index in [9.17, 15) is 0 Å². The van der Waals surface area contributed by atoms with Gasteiger partial charge in [0.05, 0.1) is 22.6 Å². The van der Waals surface area contributed by atoms with Gasteiger partial charge in [0.1, 0.15) is 5.69 Å². The Bertz CT molecular complexity index is 745. The molecular weight excluding hydrogens is 270 g/mol. The van der Waals surface area contributed by atoms with Crippen LogP contribution in [0.4, 0.5) is 5.69 Å². The normalized spacial score (nSPS) is 10.7. The molecule has 0 aliphatic carbocycles. The number of para-hydroxylation sites is 1. The van der Waals surface area contributed by atoms with Crippen molar-refractivity contribution in [2.75, 3.05) is 5.73 Å². The molecule has 20 heavy (non-hydrogen) atoms. The summed E-state index contributed by atoms with van der Waals surface area (Å²) >= 11 is 6.19. The molecule has 0 bridgehead atoms. The SMILES string of the molecule is Cc1ccc(-c2nn(-c3ccccc3Cl)cc2N)cc1. The first-order chi connectivity index (χ1) is 9.65. The summed E-state index contributed by atoms with van der Waals surface area (Å²) in [5, 5.41) is 5.19. The van der Waals surface area contributed by atoms with Crippen molar-refractivity contribution >= 4 is 17.3 Å². The van der Waals surface area contributed by atoms with Gasteiger partial charge in [0.2, 0.25) is 0 Å². The van der Waals surface area contributed by atoms with E-state index in [0.29, 0.717) is 10.7 Å². The second-order valence-electron chi connectivity index (χ2n) is 4.70. The van der Waals surface area contributed by atoms with Gasteiger partial charge in [-0.25, -0.2) is 4.68 Å². The summed E-state index contributed by atoms with van der Waals surface area (Å²) in [6.07, 6.45) is 1.79. The van der Waals surface area contributed by atoms with Gasteiger partial charge >= 0.3 is 0 Å². The van der Waals surface area contributed by atoms with E-state index < -0.39 is 0 Å². The minimum atomic E-state index is 0.633. The van der Waals surface area contributed by atoms with E-state index in [4.69, 9.17) is 17.3 Å². The number of nitrogen functional groups attached to an aromatic ring is 1. The van der Waals surface area contributed by atoms with Crippen molar-refractivity contribution in [2.45, 2.75) is 6.92 Å². The maximum atomic E-state index is 6.19. The summed E-state index contributed by atoms with van der Waals surface area (Å²) in [7, 11) is 0. The number of hydrogen-bond acceptors (Lipinski definition) is 2. The first kappa shape index (κ1) is 12.8. The number of benzene rings is 2. The molecule has 3 aromatic rings. The Morgan fingerprint density at radius 1 is 1.05 bits per heavy atom. The predicted octanol–water partition coefficient (Wildman–Crippen LogP) is 4.08.